The van der Waals surface area contributed by atoms with Gasteiger partial charge in [0.25, 0.3) is 5.91 Å². The predicted molar refractivity (Wildman–Crippen MR) is 114 cm³/mol. The van der Waals surface area contributed by atoms with Crippen LogP contribution in [0, 0.1) is 0 Å². The molecule has 8 heteroatoms. The summed E-state index contributed by atoms with van der Waals surface area (Å²) in [5.74, 6) is 0.738. The maximum Gasteiger partial charge on any atom is 0.270 e. The quantitative estimate of drug-likeness (QED) is 0.626. The minimum Gasteiger partial charge on any atom is -0.496 e. The zero-order valence-corrected chi connectivity index (χ0v) is 18.0. The van der Waals surface area contributed by atoms with E-state index in [2.05, 4.69) is 20.2 Å². The summed E-state index contributed by atoms with van der Waals surface area (Å²) in [5, 5.41) is 3.51. The molecule has 3 aromatic heterocycles. The van der Waals surface area contributed by atoms with Crippen LogP contribution in [0.25, 0.3) is 22.4 Å². The van der Waals surface area contributed by atoms with Crippen molar-refractivity contribution in [1.82, 2.24) is 20.2 Å². The van der Waals surface area contributed by atoms with Crippen molar-refractivity contribution in [2.24, 2.45) is 0 Å². The molecular formula is C21H25ClN4O3. The third-order valence-electron chi connectivity index (χ3n) is 4.58. The summed E-state index contributed by atoms with van der Waals surface area (Å²) in [6, 6.07) is 5.04. The fourth-order valence-electron chi connectivity index (χ4n) is 2.89. The Morgan fingerprint density at radius 3 is 2.72 bits per heavy atom. The Kier molecular flexibility index (Phi) is 6.10. The lowest BCUT2D eigenvalue weighted by molar-refractivity contribution is 0.0900. The zero-order valence-electron chi connectivity index (χ0n) is 17.2. The number of hydrogen-bond acceptors (Lipinski definition) is 6. The van der Waals surface area contributed by atoms with E-state index in [1.807, 2.05) is 27.9 Å². The number of ether oxygens (including phenoxy) is 1. The number of halogens is 1. The summed E-state index contributed by atoms with van der Waals surface area (Å²) in [5.41, 5.74) is 1.66. The number of rotatable bonds is 7. The van der Waals surface area contributed by atoms with E-state index in [0.717, 1.165) is 13.0 Å². The Morgan fingerprint density at radius 2 is 2.07 bits per heavy atom. The molecule has 0 saturated heterocycles. The lowest BCUT2D eigenvalue weighted by atomic mass is 10.00. The third-order valence-corrected chi connectivity index (χ3v) is 4.88. The molecule has 3 heterocycles. The van der Waals surface area contributed by atoms with Crippen LogP contribution in [0.4, 0.5) is 0 Å². The molecule has 0 saturated carbocycles. The first-order valence-electron chi connectivity index (χ1n) is 9.26. The second kappa shape index (κ2) is 8.39. The second-order valence-electron chi connectivity index (χ2n) is 7.78. The van der Waals surface area contributed by atoms with E-state index < -0.39 is 0 Å². The Hall–Kier alpha value is -2.64. The van der Waals surface area contributed by atoms with Crippen LogP contribution in [-0.2, 0) is 0 Å². The summed E-state index contributed by atoms with van der Waals surface area (Å²) in [6.45, 7) is 4.85. The summed E-state index contributed by atoms with van der Waals surface area (Å²) in [4.78, 5) is 23.4. The van der Waals surface area contributed by atoms with Crippen LogP contribution in [0.5, 0.6) is 5.75 Å². The fraction of sp³-hybridized carbons (Fsp3) is 0.381. The first-order valence-corrected chi connectivity index (χ1v) is 9.63. The molecule has 0 unspecified atom stereocenters. The molecule has 0 atom stereocenters. The molecule has 3 aromatic rings. The maximum absolute atomic E-state index is 12.7. The third kappa shape index (κ3) is 4.86. The smallest absolute Gasteiger partial charge is 0.270 e. The van der Waals surface area contributed by atoms with E-state index in [4.69, 9.17) is 20.8 Å². The number of nitrogens with zero attached hydrogens (tertiary/aromatic N) is 3. The van der Waals surface area contributed by atoms with E-state index in [0.29, 0.717) is 33.2 Å². The highest BCUT2D eigenvalue weighted by atomic mass is 35.5. The molecule has 1 N–H and O–H groups in total. The number of amides is 1. The number of aromatic nitrogens is 2. The number of nitrogens with one attached hydrogen (secondary N) is 1. The minimum atomic E-state index is -0.365. The van der Waals surface area contributed by atoms with Crippen molar-refractivity contribution < 1.29 is 13.9 Å². The van der Waals surface area contributed by atoms with Crippen molar-refractivity contribution >= 4 is 28.6 Å². The molecule has 7 nitrogen and oxygen atoms in total. The highest BCUT2D eigenvalue weighted by Gasteiger charge is 2.23. The van der Waals surface area contributed by atoms with Crippen molar-refractivity contribution in [3.05, 3.63) is 41.3 Å². The van der Waals surface area contributed by atoms with E-state index in [1.54, 1.807) is 30.6 Å². The van der Waals surface area contributed by atoms with Gasteiger partial charge >= 0.3 is 0 Å². The van der Waals surface area contributed by atoms with Crippen molar-refractivity contribution in [2.75, 3.05) is 27.7 Å². The normalized spacial score (nSPS) is 11.8. The highest BCUT2D eigenvalue weighted by molar-refractivity contribution is 6.34. The molecule has 154 valence electrons. The van der Waals surface area contributed by atoms with Gasteiger partial charge in [-0.15, -0.1) is 0 Å². The molecule has 0 aromatic carbocycles. The van der Waals surface area contributed by atoms with Gasteiger partial charge in [-0.25, -0.2) is 0 Å². The van der Waals surface area contributed by atoms with Gasteiger partial charge in [0.05, 0.1) is 17.7 Å². The van der Waals surface area contributed by atoms with Crippen LogP contribution in [-0.4, -0.2) is 54.1 Å². The van der Waals surface area contributed by atoms with Crippen molar-refractivity contribution in [3.8, 4) is 17.1 Å². The van der Waals surface area contributed by atoms with Gasteiger partial charge in [0, 0.05) is 30.1 Å². The van der Waals surface area contributed by atoms with Gasteiger partial charge in [0.1, 0.15) is 22.7 Å². The predicted octanol–water partition coefficient (Wildman–Crippen LogP) is 4.01. The van der Waals surface area contributed by atoms with Gasteiger partial charge in [-0.05, 0) is 47.0 Å². The molecule has 1 amide bonds. The number of carbonyl (C=O) groups excluding carboxylic acids is 1. The van der Waals surface area contributed by atoms with E-state index in [1.165, 1.54) is 7.11 Å². The number of fused-ring (bicyclic) bond motifs is 1. The Labute approximate surface area is 175 Å². The number of furan rings is 1. The molecule has 29 heavy (non-hydrogen) atoms. The van der Waals surface area contributed by atoms with Crippen LogP contribution in [0.1, 0.15) is 30.8 Å². The number of carbonyl (C=O) groups is 1. The lowest BCUT2D eigenvalue weighted by Crippen LogP contribution is -2.45. The van der Waals surface area contributed by atoms with E-state index >= 15 is 0 Å². The lowest BCUT2D eigenvalue weighted by Gasteiger charge is -2.27. The minimum absolute atomic E-state index is 0.257. The summed E-state index contributed by atoms with van der Waals surface area (Å²) in [6.07, 6.45) is 3.99. The van der Waals surface area contributed by atoms with Gasteiger partial charge in [-0.3, -0.25) is 14.8 Å². The van der Waals surface area contributed by atoms with Crippen LogP contribution in [0.2, 0.25) is 5.02 Å². The zero-order chi connectivity index (χ0) is 21.2. The number of hydrogen-bond donors (Lipinski definition) is 1. The molecule has 3 rings (SSSR count). The molecular weight excluding hydrogens is 392 g/mol. The molecule has 0 radical (unpaired) electrons. The number of pyridine rings is 2. The number of methoxy groups -OCH3 is 1. The van der Waals surface area contributed by atoms with Crippen LogP contribution in [0.3, 0.4) is 0 Å². The Bertz CT molecular complexity index is 1030. The summed E-state index contributed by atoms with van der Waals surface area (Å²) < 4.78 is 11.3. The largest absolute Gasteiger partial charge is 0.496 e. The maximum atomic E-state index is 12.7. The van der Waals surface area contributed by atoms with Crippen LogP contribution < -0.4 is 10.1 Å². The van der Waals surface area contributed by atoms with Crippen molar-refractivity contribution in [1.29, 1.82) is 0 Å². The molecule has 0 bridgehead atoms. The van der Waals surface area contributed by atoms with E-state index in [9.17, 15) is 4.79 Å². The first-order chi connectivity index (χ1) is 13.7. The summed E-state index contributed by atoms with van der Waals surface area (Å²) in [7, 11) is 5.54. The average Bonchev–Trinajstić information content (AvgIpc) is 3.11. The van der Waals surface area contributed by atoms with Gasteiger partial charge < -0.3 is 19.4 Å². The topological polar surface area (TPSA) is 80.5 Å². The van der Waals surface area contributed by atoms with Gasteiger partial charge in [-0.1, -0.05) is 11.6 Å². The van der Waals surface area contributed by atoms with Gasteiger partial charge in [0.2, 0.25) is 0 Å². The van der Waals surface area contributed by atoms with Gasteiger partial charge in [-0.2, -0.15) is 0 Å². The monoisotopic (exact) mass is 416 g/mol. The molecule has 0 spiro atoms. The molecule has 0 aliphatic heterocycles. The van der Waals surface area contributed by atoms with Crippen molar-refractivity contribution in [2.45, 2.75) is 25.8 Å². The molecule has 0 aliphatic rings. The Morgan fingerprint density at radius 1 is 1.31 bits per heavy atom. The average molecular weight is 417 g/mol. The van der Waals surface area contributed by atoms with Crippen molar-refractivity contribution in [3.63, 3.8) is 0 Å². The molecule has 0 fully saturated rings. The first kappa shape index (κ1) is 21.1. The Balaban J connectivity index is 1.86. The summed E-state index contributed by atoms with van der Waals surface area (Å²) >= 11 is 6.17. The molecule has 0 aliphatic carbocycles. The van der Waals surface area contributed by atoms with Crippen LogP contribution >= 0.6 is 11.6 Å². The fourth-order valence-corrected chi connectivity index (χ4v) is 3.08. The second-order valence-corrected chi connectivity index (χ2v) is 8.19. The van der Waals surface area contributed by atoms with E-state index in [-0.39, 0.29) is 17.1 Å². The highest BCUT2D eigenvalue weighted by Crippen LogP contribution is 2.35. The SMILES string of the molecule is COc1cc(C(=O)NC(C)(C)CCN(C)C)ncc1-c1cc2nccc(Cl)c2o1. The van der Waals surface area contributed by atoms with Gasteiger partial charge in [0.15, 0.2) is 5.58 Å². The van der Waals surface area contributed by atoms with Crippen LogP contribution in [0.15, 0.2) is 35.0 Å². The standard InChI is InChI=1S/C21H25ClN4O3/c1-21(2,7-9-26(3)4)25-20(27)16-11-17(28-5)13(12-24-16)18-10-15-19(29-18)14(22)6-8-23-15/h6,8,10-12H,7,9H2,1-5H3,(H,25,27).